The van der Waals surface area contributed by atoms with Gasteiger partial charge in [-0.1, -0.05) is 24.3 Å². The maximum absolute atomic E-state index is 11.0. The maximum Gasteiger partial charge on any atom is 0.322 e. The number of benzene rings is 2. The molecular weight excluding hydrogens is 584 g/mol. The van der Waals surface area contributed by atoms with Gasteiger partial charge in [0.2, 0.25) is 29.7 Å². The normalized spacial score (nSPS) is 10.8. The zero-order chi connectivity index (χ0) is 31.5. The largest absolute Gasteiger partial charge is 0.480 e. The molecule has 228 valence electrons. The fourth-order valence-corrected chi connectivity index (χ4v) is 3.55. The highest BCUT2D eigenvalue weighted by Crippen LogP contribution is 2.33. The van der Waals surface area contributed by atoms with Crippen molar-refractivity contribution in [1.82, 2.24) is 29.9 Å². The molecule has 44 heavy (non-hydrogen) atoms. The first kappa shape index (κ1) is 30.7. The number of carboxylic acid groups (broad SMARTS) is 3. The van der Waals surface area contributed by atoms with Gasteiger partial charge in [-0.05, 0) is 17.5 Å². The Hall–Kier alpha value is -6.28. The molecule has 0 atom stereocenters. The molecular formula is C24H24N12O8. The molecule has 0 spiro atoms. The van der Waals surface area contributed by atoms with Crippen molar-refractivity contribution in [3.8, 4) is 0 Å². The van der Waals surface area contributed by atoms with Crippen LogP contribution < -0.4 is 26.6 Å². The van der Waals surface area contributed by atoms with Crippen LogP contribution in [0, 0.1) is 0 Å². The number of hydrogen-bond donors (Lipinski definition) is 9. The first-order chi connectivity index (χ1) is 21.2. The number of nitrogens with one attached hydrogen (secondary N) is 5. The van der Waals surface area contributed by atoms with Gasteiger partial charge in [-0.25, -0.2) is 9.88 Å². The number of aromatic nitrogens is 6. The molecule has 20 nitrogen and oxygen atoms in total. The van der Waals surface area contributed by atoms with E-state index >= 15 is 0 Å². The molecule has 4 aromatic rings. The van der Waals surface area contributed by atoms with Crippen LogP contribution >= 0.6 is 0 Å². The minimum Gasteiger partial charge on any atom is -0.480 e. The second-order valence-electron chi connectivity index (χ2n) is 8.40. The third-order valence-corrected chi connectivity index (χ3v) is 5.21. The highest BCUT2D eigenvalue weighted by atomic mass is 17.1. The summed E-state index contributed by atoms with van der Waals surface area (Å²) in [7, 11) is 0. The van der Waals surface area contributed by atoms with E-state index in [4.69, 9.17) is 20.6 Å². The number of rotatable bonds is 16. The summed E-state index contributed by atoms with van der Waals surface area (Å²) in [6.45, 7) is -1.73. The van der Waals surface area contributed by atoms with Gasteiger partial charge >= 0.3 is 17.9 Å². The van der Waals surface area contributed by atoms with E-state index < -0.39 is 37.5 Å². The molecule has 0 saturated heterocycles. The number of aliphatic imine (C=N–C) groups is 1. The van der Waals surface area contributed by atoms with Crippen LogP contribution in [-0.2, 0) is 19.3 Å². The van der Waals surface area contributed by atoms with Gasteiger partial charge in [0.15, 0.2) is 0 Å². The topological polar surface area (TPSA) is 291 Å². The fourth-order valence-electron chi connectivity index (χ4n) is 3.55. The lowest BCUT2D eigenvalue weighted by Crippen LogP contribution is -2.18. The lowest BCUT2D eigenvalue weighted by molar-refractivity contribution is -0.226. The van der Waals surface area contributed by atoms with E-state index in [2.05, 4.69) is 66.4 Å². The van der Waals surface area contributed by atoms with Gasteiger partial charge in [0.25, 0.3) is 5.95 Å². The summed E-state index contributed by atoms with van der Waals surface area (Å²) >= 11 is 0. The van der Waals surface area contributed by atoms with Crippen molar-refractivity contribution >= 4 is 82.0 Å². The zero-order valence-electron chi connectivity index (χ0n) is 22.4. The van der Waals surface area contributed by atoms with Crippen molar-refractivity contribution in [3.63, 3.8) is 0 Å². The van der Waals surface area contributed by atoms with Crippen LogP contribution in [0.2, 0.25) is 0 Å². The third-order valence-electron chi connectivity index (χ3n) is 5.21. The number of hydrogen-bond acceptors (Lipinski definition) is 17. The number of anilines is 7. The van der Waals surface area contributed by atoms with Crippen LogP contribution in [0.4, 0.5) is 47.1 Å². The van der Waals surface area contributed by atoms with Crippen LogP contribution in [-0.4, -0.2) is 101 Å². The van der Waals surface area contributed by atoms with Crippen molar-refractivity contribution in [1.29, 1.82) is 0 Å². The van der Waals surface area contributed by atoms with Crippen molar-refractivity contribution in [3.05, 3.63) is 36.4 Å². The number of carboxylic acids is 3. The first-order valence-electron chi connectivity index (χ1n) is 12.4. The highest BCUT2D eigenvalue weighted by Gasteiger charge is 2.14. The SMILES string of the molecule is O=C(O)CNc1nc(N=CCOO)nc(Nc2cccc3cccc(Nc4nc(NCC(=O)O)nc(NCC(=O)O)n4)c23)n1. The van der Waals surface area contributed by atoms with Gasteiger partial charge < -0.3 is 41.9 Å². The van der Waals surface area contributed by atoms with E-state index in [-0.39, 0.29) is 42.3 Å². The summed E-state index contributed by atoms with van der Waals surface area (Å²) in [5.74, 6) is -3.97. The molecule has 0 radical (unpaired) electrons. The Balaban J connectivity index is 1.71. The summed E-state index contributed by atoms with van der Waals surface area (Å²) < 4.78 is 0. The average Bonchev–Trinajstić information content (AvgIpc) is 2.98. The third kappa shape index (κ3) is 8.86. The molecule has 4 rings (SSSR count). The average molecular weight is 609 g/mol. The van der Waals surface area contributed by atoms with Gasteiger partial charge in [-0.3, -0.25) is 19.6 Å². The Morgan fingerprint density at radius 2 is 1.11 bits per heavy atom. The fraction of sp³-hybridized carbons (Fsp3) is 0.167. The van der Waals surface area contributed by atoms with Crippen molar-refractivity contribution in [2.75, 3.05) is 52.8 Å². The minimum absolute atomic E-state index is 0.00673. The zero-order valence-corrected chi connectivity index (χ0v) is 22.4. The molecule has 0 amide bonds. The lowest BCUT2D eigenvalue weighted by Gasteiger charge is -2.15. The molecule has 0 bridgehead atoms. The molecule has 0 saturated carbocycles. The predicted octanol–water partition coefficient (Wildman–Crippen LogP) is 1.38. The molecule has 9 N–H and O–H groups in total. The second-order valence-corrected chi connectivity index (χ2v) is 8.40. The molecule has 2 heterocycles. The standard InChI is InChI=1S/C24H24N12O8/c37-15(38)9-26-20-31-19(25-7-8-44-43)33-23(34-20)29-13-5-1-3-12-4-2-6-14(18(12)13)30-24-35-21(27-10-16(39)40)32-22(36-24)28-11-17(41)42/h1-7,43H,8-11H2,(H,37,38)(H,39,40)(H,41,42)(H2,26,29,31,33,34)(H3,27,28,30,32,35,36). The van der Waals surface area contributed by atoms with E-state index in [0.717, 1.165) is 5.39 Å². The van der Waals surface area contributed by atoms with Crippen LogP contribution in [0.1, 0.15) is 0 Å². The van der Waals surface area contributed by atoms with Gasteiger partial charge in [-0.15, -0.1) is 0 Å². The van der Waals surface area contributed by atoms with Gasteiger partial charge in [-0.2, -0.15) is 29.9 Å². The summed E-state index contributed by atoms with van der Waals surface area (Å²) in [5, 5.41) is 50.7. The summed E-state index contributed by atoms with van der Waals surface area (Å²) in [5.41, 5.74) is 0.957. The smallest absolute Gasteiger partial charge is 0.322 e. The molecule has 0 aliphatic carbocycles. The second kappa shape index (κ2) is 14.6. The van der Waals surface area contributed by atoms with E-state index in [0.29, 0.717) is 16.8 Å². The summed E-state index contributed by atoms with van der Waals surface area (Å²) in [4.78, 5) is 65.9. The van der Waals surface area contributed by atoms with Crippen LogP contribution in [0.5, 0.6) is 0 Å². The monoisotopic (exact) mass is 608 g/mol. The molecule has 0 aliphatic heterocycles. The Morgan fingerprint density at radius 1 is 0.682 bits per heavy atom. The van der Waals surface area contributed by atoms with Crippen LogP contribution in [0.3, 0.4) is 0 Å². The minimum atomic E-state index is -1.17. The summed E-state index contributed by atoms with van der Waals surface area (Å²) in [6.07, 6.45) is 1.19. The van der Waals surface area contributed by atoms with Crippen LogP contribution in [0.25, 0.3) is 10.8 Å². The maximum atomic E-state index is 11.0. The lowest BCUT2D eigenvalue weighted by atomic mass is 10.1. The quantitative estimate of drug-likeness (QED) is 0.0493. The number of fused-ring (bicyclic) bond motifs is 1. The highest BCUT2D eigenvalue weighted by molar-refractivity contribution is 6.04. The molecule has 2 aromatic carbocycles. The van der Waals surface area contributed by atoms with Crippen molar-refractivity contribution in [2.24, 2.45) is 4.99 Å². The molecule has 0 unspecified atom stereocenters. The van der Waals surface area contributed by atoms with Gasteiger partial charge in [0, 0.05) is 11.6 Å². The first-order valence-corrected chi connectivity index (χ1v) is 12.4. The molecule has 0 aliphatic rings. The molecule has 20 heteroatoms. The predicted molar refractivity (Wildman–Crippen MR) is 155 cm³/mol. The van der Waals surface area contributed by atoms with E-state index in [9.17, 15) is 14.4 Å². The Labute approximate surface area is 246 Å². The number of aliphatic carboxylic acids is 3. The number of nitrogens with zero attached hydrogens (tertiary/aromatic N) is 7. The summed E-state index contributed by atoms with van der Waals surface area (Å²) in [6, 6.07) is 10.6. The number of carbonyl (C=O) groups is 3. The molecule has 0 fully saturated rings. The Bertz CT molecular complexity index is 1660. The van der Waals surface area contributed by atoms with Gasteiger partial charge in [0.05, 0.1) is 11.4 Å². The van der Waals surface area contributed by atoms with Crippen molar-refractivity contribution in [2.45, 2.75) is 0 Å². The Kier molecular flexibility index (Phi) is 10.2. The van der Waals surface area contributed by atoms with E-state index in [1.54, 1.807) is 24.3 Å². The van der Waals surface area contributed by atoms with E-state index in [1.165, 1.54) is 6.21 Å². The van der Waals surface area contributed by atoms with Crippen molar-refractivity contribution < 1.29 is 39.8 Å². The Morgan fingerprint density at radius 3 is 1.59 bits per heavy atom. The van der Waals surface area contributed by atoms with Crippen LogP contribution in [0.15, 0.2) is 41.4 Å². The van der Waals surface area contributed by atoms with Gasteiger partial charge in [0.1, 0.15) is 26.2 Å². The molecule has 2 aromatic heterocycles. The van der Waals surface area contributed by atoms with E-state index in [1.807, 2.05) is 12.1 Å².